The van der Waals surface area contributed by atoms with E-state index >= 15 is 0 Å². The van der Waals surface area contributed by atoms with Crippen LogP contribution in [-0.2, 0) is 5.41 Å². The van der Waals surface area contributed by atoms with Crippen LogP contribution in [0.4, 0.5) is 0 Å². The number of nitrogens with two attached hydrogens (primary N) is 1. The third-order valence-corrected chi connectivity index (χ3v) is 4.23. The molecule has 2 aliphatic rings. The Morgan fingerprint density at radius 2 is 1.60 bits per heavy atom. The van der Waals surface area contributed by atoms with E-state index in [-0.39, 0.29) is 5.54 Å². The molecule has 0 aromatic heterocycles. The first-order valence-electron chi connectivity index (χ1n) is 6.07. The van der Waals surface area contributed by atoms with E-state index in [9.17, 15) is 0 Å². The third-order valence-electron chi connectivity index (χ3n) is 4.23. The molecule has 3 rings (SSSR count). The van der Waals surface area contributed by atoms with E-state index in [0.29, 0.717) is 5.41 Å². The molecule has 2 aliphatic carbocycles. The molecule has 1 nitrogen and oxygen atoms in total. The van der Waals surface area contributed by atoms with Gasteiger partial charge < -0.3 is 5.73 Å². The van der Waals surface area contributed by atoms with Gasteiger partial charge in [0.15, 0.2) is 0 Å². The molecule has 0 saturated heterocycles. The van der Waals surface area contributed by atoms with Gasteiger partial charge in [0.1, 0.15) is 0 Å². The minimum Gasteiger partial charge on any atom is -0.325 e. The lowest BCUT2D eigenvalue weighted by atomic mass is 9.89. The molecule has 0 aliphatic heterocycles. The fraction of sp³-hybridized carbons (Fsp3) is 0.571. The lowest BCUT2D eigenvalue weighted by Crippen LogP contribution is -2.23. The second-order valence-electron chi connectivity index (χ2n) is 5.51. The lowest BCUT2D eigenvalue weighted by Gasteiger charge is -2.18. The van der Waals surface area contributed by atoms with Gasteiger partial charge in [0.05, 0.1) is 0 Å². The number of benzene rings is 1. The average Bonchev–Trinajstić information content (AvgIpc) is 3.15. The first-order valence-corrected chi connectivity index (χ1v) is 6.07. The van der Waals surface area contributed by atoms with Gasteiger partial charge in [-0.25, -0.2) is 0 Å². The summed E-state index contributed by atoms with van der Waals surface area (Å²) in [6.45, 7) is 0. The molecule has 1 heteroatoms. The maximum absolute atomic E-state index is 6.16. The zero-order valence-electron chi connectivity index (χ0n) is 9.21. The Bertz CT molecular complexity index is 347. The van der Waals surface area contributed by atoms with Gasteiger partial charge in [-0.3, -0.25) is 0 Å². The third kappa shape index (κ3) is 1.81. The topological polar surface area (TPSA) is 26.0 Å². The summed E-state index contributed by atoms with van der Waals surface area (Å²) >= 11 is 0. The van der Waals surface area contributed by atoms with Crippen LogP contribution in [0.5, 0.6) is 0 Å². The Morgan fingerprint density at radius 3 is 2.13 bits per heavy atom. The van der Waals surface area contributed by atoms with Gasteiger partial charge in [-0.1, -0.05) is 30.3 Å². The number of hydrogen-bond donors (Lipinski definition) is 1. The normalized spacial score (nSPS) is 24.9. The molecule has 0 atom stereocenters. The van der Waals surface area contributed by atoms with Gasteiger partial charge in [0, 0.05) is 5.54 Å². The Kier molecular flexibility index (Phi) is 1.93. The SMILES string of the molecule is NC1(CCC2(c3ccccc3)CC2)CC1. The minimum absolute atomic E-state index is 0.227. The highest BCUT2D eigenvalue weighted by Crippen LogP contribution is 2.54. The summed E-state index contributed by atoms with van der Waals surface area (Å²) in [4.78, 5) is 0. The first-order chi connectivity index (χ1) is 7.23. The van der Waals surface area contributed by atoms with Crippen LogP contribution in [0.3, 0.4) is 0 Å². The second-order valence-corrected chi connectivity index (χ2v) is 5.51. The minimum atomic E-state index is 0.227. The summed E-state index contributed by atoms with van der Waals surface area (Å²) in [6.07, 6.45) is 7.76. The second kappa shape index (κ2) is 3.08. The first kappa shape index (κ1) is 9.41. The van der Waals surface area contributed by atoms with Crippen molar-refractivity contribution in [2.75, 3.05) is 0 Å². The molecule has 15 heavy (non-hydrogen) atoms. The summed E-state index contributed by atoms with van der Waals surface area (Å²) in [5.74, 6) is 0. The maximum atomic E-state index is 6.16. The smallest absolute Gasteiger partial charge is 0.0156 e. The molecule has 1 aromatic rings. The van der Waals surface area contributed by atoms with Crippen molar-refractivity contribution in [2.24, 2.45) is 5.73 Å². The van der Waals surface area contributed by atoms with Gasteiger partial charge in [-0.05, 0) is 49.5 Å². The summed E-state index contributed by atoms with van der Waals surface area (Å²) in [5, 5.41) is 0. The van der Waals surface area contributed by atoms with E-state index in [1.165, 1.54) is 44.1 Å². The zero-order chi connectivity index (χ0) is 10.4. The summed E-state index contributed by atoms with van der Waals surface area (Å²) in [5.41, 5.74) is 8.43. The van der Waals surface area contributed by atoms with Crippen LogP contribution in [0.2, 0.25) is 0 Å². The van der Waals surface area contributed by atoms with Crippen LogP contribution in [0.1, 0.15) is 44.1 Å². The molecule has 0 radical (unpaired) electrons. The maximum Gasteiger partial charge on any atom is 0.0156 e. The van der Waals surface area contributed by atoms with Crippen molar-refractivity contribution in [3.8, 4) is 0 Å². The van der Waals surface area contributed by atoms with Crippen molar-refractivity contribution in [1.29, 1.82) is 0 Å². The van der Waals surface area contributed by atoms with Crippen LogP contribution in [0.15, 0.2) is 30.3 Å². The molecule has 2 saturated carbocycles. The van der Waals surface area contributed by atoms with Crippen LogP contribution in [0.25, 0.3) is 0 Å². The highest BCUT2D eigenvalue weighted by Gasteiger charge is 2.47. The molecular formula is C14H19N. The van der Waals surface area contributed by atoms with E-state index in [0.717, 1.165) is 0 Å². The van der Waals surface area contributed by atoms with Gasteiger partial charge in [0.25, 0.3) is 0 Å². The zero-order valence-corrected chi connectivity index (χ0v) is 9.21. The van der Waals surface area contributed by atoms with Crippen molar-refractivity contribution >= 4 is 0 Å². The molecule has 80 valence electrons. The fourth-order valence-electron chi connectivity index (χ4n) is 2.52. The van der Waals surface area contributed by atoms with Gasteiger partial charge in [-0.2, -0.15) is 0 Å². The average molecular weight is 201 g/mol. The number of rotatable bonds is 4. The standard InChI is InChI=1S/C14H19N/c15-14(10-11-14)9-8-13(6-7-13)12-4-2-1-3-5-12/h1-5H,6-11,15H2. The van der Waals surface area contributed by atoms with Crippen LogP contribution < -0.4 is 5.73 Å². The van der Waals surface area contributed by atoms with E-state index < -0.39 is 0 Å². The van der Waals surface area contributed by atoms with Crippen molar-refractivity contribution < 1.29 is 0 Å². The predicted octanol–water partition coefficient (Wildman–Crippen LogP) is 2.99. The Labute approximate surface area is 91.7 Å². The van der Waals surface area contributed by atoms with E-state index in [1.54, 1.807) is 0 Å². The van der Waals surface area contributed by atoms with Crippen LogP contribution in [0, 0.1) is 0 Å². The summed E-state index contributed by atoms with van der Waals surface area (Å²) in [7, 11) is 0. The Balaban J connectivity index is 1.69. The molecular weight excluding hydrogens is 182 g/mol. The van der Waals surface area contributed by atoms with E-state index in [2.05, 4.69) is 30.3 Å². The molecule has 0 spiro atoms. The molecule has 0 unspecified atom stereocenters. The van der Waals surface area contributed by atoms with Crippen molar-refractivity contribution in [3.05, 3.63) is 35.9 Å². The molecule has 0 amide bonds. The highest BCUT2D eigenvalue weighted by molar-refractivity contribution is 5.31. The van der Waals surface area contributed by atoms with Gasteiger partial charge >= 0.3 is 0 Å². The summed E-state index contributed by atoms with van der Waals surface area (Å²) in [6, 6.07) is 11.0. The Hall–Kier alpha value is -0.820. The van der Waals surface area contributed by atoms with Gasteiger partial charge in [-0.15, -0.1) is 0 Å². The van der Waals surface area contributed by atoms with Crippen molar-refractivity contribution in [3.63, 3.8) is 0 Å². The molecule has 0 heterocycles. The van der Waals surface area contributed by atoms with Gasteiger partial charge in [0.2, 0.25) is 0 Å². The van der Waals surface area contributed by atoms with E-state index in [1.807, 2.05) is 0 Å². The monoisotopic (exact) mass is 201 g/mol. The number of hydrogen-bond acceptors (Lipinski definition) is 1. The molecule has 2 N–H and O–H groups in total. The van der Waals surface area contributed by atoms with E-state index in [4.69, 9.17) is 5.73 Å². The van der Waals surface area contributed by atoms with Crippen molar-refractivity contribution in [2.45, 2.75) is 49.5 Å². The lowest BCUT2D eigenvalue weighted by molar-refractivity contribution is 0.503. The van der Waals surface area contributed by atoms with Crippen molar-refractivity contribution in [1.82, 2.24) is 0 Å². The Morgan fingerprint density at radius 1 is 0.933 bits per heavy atom. The van der Waals surface area contributed by atoms with Crippen LogP contribution in [-0.4, -0.2) is 5.54 Å². The molecule has 1 aromatic carbocycles. The largest absolute Gasteiger partial charge is 0.325 e. The molecule has 2 fully saturated rings. The van der Waals surface area contributed by atoms with Crippen LogP contribution >= 0.6 is 0 Å². The quantitative estimate of drug-likeness (QED) is 0.796. The fourth-order valence-corrected chi connectivity index (χ4v) is 2.52. The summed E-state index contributed by atoms with van der Waals surface area (Å²) < 4.78 is 0. The highest BCUT2D eigenvalue weighted by atomic mass is 14.8. The predicted molar refractivity (Wildman–Crippen MR) is 62.7 cm³/mol. The molecule has 0 bridgehead atoms.